The zero-order valence-corrected chi connectivity index (χ0v) is 18.9. The number of hydrogen-bond donors (Lipinski definition) is 0. The largest absolute Gasteiger partial charge is 0.472 e. The van der Waals surface area contributed by atoms with Crippen molar-refractivity contribution in [1.29, 1.82) is 0 Å². The Morgan fingerprint density at radius 2 is 1.39 bits per heavy atom. The molecule has 8 heteroatoms. The average molecular weight is 450 g/mol. The highest BCUT2D eigenvalue weighted by Gasteiger charge is 2.25. The number of rotatable bonds is 7. The van der Waals surface area contributed by atoms with E-state index in [0.29, 0.717) is 31.2 Å². The molecule has 0 atom stereocenters. The van der Waals surface area contributed by atoms with Crippen LogP contribution in [0.2, 0.25) is 0 Å². The van der Waals surface area contributed by atoms with E-state index in [0.717, 1.165) is 52.4 Å². The van der Waals surface area contributed by atoms with E-state index in [2.05, 4.69) is 43.9 Å². The fraction of sp³-hybridized carbons (Fsp3) is 0.440. The number of oxazole rings is 1. The van der Waals surface area contributed by atoms with Crippen molar-refractivity contribution in [2.45, 2.75) is 19.6 Å². The summed E-state index contributed by atoms with van der Waals surface area (Å²) in [6.45, 7) is 9.53. The summed E-state index contributed by atoms with van der Waals surface area (Å²) in [7, 11) is 0. The number of nitrogens with zero attached hydrogens (tertiary/aromatic N) is 5. The van der Waals surface area contributed by atoms with Crippen molar-refractivity contribution in [3.63, 3.8) is 0 Å². The van der Waals surface area contributed by atoms with Gasteiger partial charge in [0.05, 0.1) is 19.1 Å². The van der Waals surface area contributed by atoms with E-state index in [1.807, 2.05) is 17.0 Å². The second kappa shape index (κ2) is 10.3. The molecule has 2 aromatic heterocycles. The molecule has 5 rings (SSSR count). The van der Waals surface area contributed by atoms with Crippen LogP contribution >= 0.6 is 0 Å². The quantitative estimate of drug-likeness (QED) is 0.549. The molecule has 2 aliphatic rings. The zero-order chi connectivity index (χ0) is 22.5. The van der Waals surface area contributed by atoms with Gasteiger partial charge in [0.2, 0.25) is 5.89 Å². The minimum Gasteiger partial charge on any atom is -0.472 e. The summed E-state index contributed by atoms with van der Waals surface area (Å²) in [5.74, 6) is 0.582. The lowest BCUT2D eigenvalue weighted by atomic mass is 10.2. The van der Waals surface area contributed by atoms with Gasteiger partial charge in [0, 0.05) is 71.0 Å². The van der Waals surface area contributed by atoms with Crippen molar-refractivity contribution < 1.29 is 13.6 Å². The highest BCUT2D eigenvalue weighted by atomic mass is 16.3. The SMILES string of the molecule is O=C(c1coc(CN2CCN(Cc3ccoc3)CC2)n1)N1CCN(Cc2ccccc2)CC1. The number of benzene rings is 1. The normalized spacial score (nSPS) is 18.6. The summed E-state index contributed by atoms with van der Waals surface area (Å²) in [5, 5.41) is 0. The van der Waals surface area contributed by atoms with Crippen LogP contribution in [-0.2, 0) is 19.6 Å². The number of aromatic nitrogens is 1. The number of carbonyl (C=O) groups excluding carboxylic acids is 1. The van der Waals surface area contributed by atoms with E-state index in [1.54, 1.807) is 12.5 Å². The number of furan rings is 1. The molecular weight excluding hydrogens is 418 g/mol. The Hall–Kier alpha value is -2.94. The summed E-state index contributed by atoms with van der Waals surface area (Å²) in [6, 6.07) is 12.5. The Morgan fingerprint density at radius 1 is 0.758 bits per heavy atom. The highest BCUT2D eigenvalue weighted by molar-refractivity contribution is 5.92. The van der Waals surface area contributed by atoms with Gasteiger partial charge in [-0.3, -0.25) is 19.5 Å². The molecule has 1 amide bonds. The van der Waals surface area contributed by atoms with Crippen LogP contribution < -0.4 is 0 Å². The maximum Gasteiger partial charge on any atom is 0.275 e. The lowest BCUT2D eigenvalue weighted by Gasteiger charge is -2.34. The van der Waals surface area contributed by atoms with Gasteiger partial charge in [0.1, 0.15) is 6.26 Å². The molecule has 0 bridgehead atoms. The van der Waals surface area contributed by atoms with Crippen LogP contribution in [0, 0.1) is 0 Å². The van der Waals surface area contributed by atoms with Crippen molar-refractivity contribution in [2.75, 3.05) is 52.4 Å². The molecule has 0 unspecified atom stereocenters. The number of amides is 1. The summed E-state index contributed by atoms with van der Waals surface area (Å²) in [5.41, 5.74) is 2.93. The van der Waals surface area contributed by atoms with Crippen LogP contribution in [0.15, 0.2) is 64.0 Å². The lowest BCUT2D eigenvalue weighted by molar-refractivity contribution is 0.0622. The van der Waals surface area contributed by atoms with Crippen molar-refractivity contribution >= 4 is 5.91 Å². The minimum absolute atomic E-state index is 0.0331. The van der Waals surface area contributed by atoms with E-state index < -0.39 is 0 Å². The smallest absolute Gasteiger partial charge is 0.275 e. The standard InChI is InChI=1S/C25H31N5O3/c31-25(30-13-11-28(12-14-30)16-21-4-2-1-3-5-21)23-20-33-24(26-23)18-29-9-7-27(8-10-29)17-22-6-15-32-19-22/h1-6,15,19-20H,7-14,16-18H2. The molecule has 4 heterocycles. The Balaban J connectivity index is 1.07. The Kier molecular flexibility index (Phi) is 6.85. The molecular formula is C25H31N5O3. The molecule has 1 aromatic carbocycles. The topological polar surface area (TPSA) is 69.2 Å². The molecule has 0 spiro atoms. The fourth-order valence-corrected chi connectivity index (χ4v) is 4.53. The molecule has 8 nitrogen and oxygen atoms in total. The molecule has 0 N–H and O–H groups in total. The van der Waals surface area contributed by atoms with Gasteiger partial charge < -0.3 is 13.7 Å². The van der Waals surface area contributed by atoms with Crippen molar-refractivity contribution in [1.82, 2.24) is 24.6 Å². The molecule has 2 fully saturated rings. The monoisotopic (exact) mass is 449 g/mol. The van der Waals surface area contributed by atoms with Gasteiger partial charge in [-0.2, -0.15) is 0 Å². The Morgan fingerprint density at radius 3 is 2.06 bits per heavy atom. The average Bonchev–Trinajstić information content (AvgIpc) is 3.54. The maximum absolute atomic E-state index is 12.9. The zero-order valence-electron chi connectivity index (χ0n) is 18.9. The van der Waals surface area contributed by atoms with E-state index in [9.17, 15) is 4.79 Å². The van der Waals surface area contributed by atoms with Gasteiger partial charge in [-0.15, -0.1) is 0 Å². The van der Waals surface area contributed by atoms with Gasteiger partial charge in [0.15, 0.2) is 5.69 Å². The fourth-order valence-electron chi connectivity index (χ4n) is 4.53. The summed E-state index contributed by atoms with van der Waals surface area (Å²) in [6.07, 6.45) is 5.04. The first kappa shape index (κ1) is 21.9. The maximum atomic E-state index is 12.9. The predicted molar refractivity (Wildman–Crippen MR) is 123 cm³/mol. The third-order valence-electron chi connectivity index (χ3n) is 6.49. The highest BCUT2D eigenvalue weighted by Crippen LogP contribution is 2.15. The first-order chi connectivity index (χ1) is 16.2. The Labute approximate surface area is 194 Å². The number of hydrogen-bond acceptors (Lipinski definition) is 7. The first-order valence-corrected chi connectivity index (χ1v) is 11.7. The summed E-state index contributed by atoms with van der Waals surface area (Å²) >= 11 is 0. The van der Waals surface area contributed by atoms with Crippen LogP contribution in [0.25, 0.3) is 0 Å². The number of carbonyl (C=O) groups is 1. The van der Waals surface area contributed by atoms with Crippen LogP contribution in [0.3, 0.4) is 0 Å². The van der Waals surface area contributed by atoms with Crippen LogP contribution in [0.4, 0.5) is 0 Å². The van der Waals surface area contributed by atoms with Gasteiger partial charge in [-0.1, -0.05) is 30.3 Å². The predicted octanol–water partition coefficient (Wildman–Crippen LogP) is 2.54. The molecule has 2 saturated heterocycles. The van der Waals surface area contributed by atoms with Crippen molar-refractivity contribution in [2.24, 2.45) is 0 Å². The van der Waals surface area contributed by atoms with E-state index in [1.165, 1.54) is 17.4 Å². The van der Waals surface area contributed by atoms with Crippen LogP contribution in [0.5, 0.6) is 0 Å². The van der Waals surface area contributed by atoms with Crippen molar-refractivity contribution in [3.8, 4) is 0 Å². The molecule has 2 aliphatic heterocycles. The van der Waals surface area contributed by atoms with Gasteiger partial charge in [-0.25, -0.2) is 4.98 Å². The third-order valence-corrected chi connectivity index (χ3v) is 6.49. The van der Waals surface area contributed by atoms with Crippen LogP contribution in [0.1, 0.15) is 27.5 Å². The van der Waals surface area contributed by atoms with E-state index in [-0.39, 0.29) is 5.91 Å². The molecule has 0 radical (unpaired) electrons. The van der Waals surface area contributed by atoms with Gasteiger partial charge >= 0.3 is 0 Å². The first-order valence-electron chi connectivity index (χ1n) is 11.7. The summed E-state index contributed by atoms with van der Waals surface area (Å²) < 4.78 is 10.8. The molecule has 3 aromatic rings. The minimum atomic E-state index is -0.0331. The van der Waals surface area contributed by atoms with E-state index >= 15 is 0 Å². The van der Waals surface area contributed by atoms with Gasteiger partial charge in [-0.05, 0) is 11.6 Å². The lowest BCUT2D eigenvalue weighted by Crippen LogP contribution is -2.48. The van der Waals surface area contributed by atoms with Crippen LogP contribution in [-0.4, -0.2) is 82.8 Å². The second-order valence-corrected chi connectivity index (χ2v) is 8.86. The molecule has 0 aliphatic carbocycles. The third kappa shape index (κ3) is 5.71. The molecule has 174 valence electrons. The second-order valence-electron chi connectivity index (χ2n) is 8.86. The van der Waals surface area contributed by atoms with Crippen molar-refractivity contribution in [3.05, 3.63) is 77.9 Å². The van der Waals surface area contributed by atoms with E-state index in [4.69, 9.17) is 8.83 Å². The number of piperazine rings is 2. The van der Waals surface area contributed by atoms with Gasteiger partial charge in [0.25, 0.3) is 5.91 Å². The summed E-state index contributed by atoms with van der Waals surface area (Å²) in [4.78, 5) is 26.5. The molecule has 33 heavy (non-hydrogen) atoms. The molecule has 0 saturated carbocycles. The Bertz CT molecular complexity index is 1000.